The molecule has 1 N–H and O–H groups in total. The number of carbonyl (C=O) groups excluding carboxylic acids is 2. The zero-order valence-corrected chi connectivity index (χ0v) is 21.4. The molecule has 2 amide bonds. The van der Waals surface area contributed by atoms with Gasteiger partial charge < -0.3 is 15.1 Å². The van der Waals surface area contributed by atoms with Gasteiger partial charge in [-0.25, -0.2) is 0 Å². The summed E-state index contributed by atoms with van der Waals surface area (Å²) in [7, 11) is 0. The van der Waals surface area contributed by atoms with E-state index in [0.717, 1.165) is 15.7 Å². The SMILES string of the molecule is CC(C)[C@@H](NC(=O)CCc1ccc(Br)cc1)C(=O)N1CCN(c2ccc(Cl)c(Cl)c2)CC1. The minimum Gasteiger partial charge on any atom is -0.368 e. The van der Waals surface area contributed by atoms with Crippen LogP contribution in [0.25, 0.3) is 0 Å². The van der Waals surface area contributed by atoms with Gasteiger partial charge in [-0.1, -0.05) is 65.1 Å². The lowest BCUT2D eigenvalue weighted by atomic mass is 10.0. The maximum atomic E-state index is 13.2. The van der Waals surface area contributed by atoms with Crippen molar-refractivity contribution in [2.24, 2.45) is 5.92 Å². The van der Waals surface area contributed by atoms with Crippen molar-refractivity contribution in [2.75, 3.05) is 31.1 Å². The number of amides is 2. The molecule has 0 saturated carbocycles. The van der Waals surface area contributed by atoms with Gasteiger partial charge >= 0.3 is 0 Å². The number of nitrogens with one attached hydrogen (secondary N) is 1. The van der Waals surface area contributed by atoms with Crippen LogP contribution in [0.3, 0.4) is 0 Å². The van der Waals surface area contributed by atoms with E-state index in [-0.39, 0.29) is 17.7 Å². The molecule has 8 heteroatoms. The molecule has 0 bridgehead atoms. The third-order valence-corrected chi connectivity index (χ3v) is 6.93. The normalized spacial score (nSPS) is 15.1. The van der Waals surface area contributed by atoms with Crippen LogP contribution in [0.5, 0.6) is 0 Å². The highest BCUT2D eigenvalue weighted by molar-refractivity contribution is 9.10. The Morgan fingerprint density at radius 3 is 2.25 bits per heavy atom. The quantitative estimate of drug-likeness (QED) is 0.526. The van der Waals surface area contributed by atoms with E-state index in [1.165, 1.54) is 0 Å². The summed E-state index contributed by atoms with van der Waals surface area (Å²) in [6, 6.07) is 13.0. The minimum atomic E-state index is -0.524. The topological polar surface area (TPSA) is 52.7 Å². The van der Waals surface area contributed by atoms with Gasteiger partial charge in [-0.15, -0.1) is 0 Å². The standard InChI is InChI=1S/C24H28BrCl2N3O2/c1-16(2)23(28-22(31)10-5-17-3-6-18(25)7-4-17)24(32)30-13-11-29(12-14-30)19-8-9-20(26)21(27)15-19/h3-4,6-9,15-16,23H,5,10-14H2,1-2H3,(H,28,31)/t23-/m1/s1. The predicted octanol–water partition coefficient (Wildman–Crippen LogP) is 5.18. The van der Waals surface area contributed by atoms with Gasteiger partial charge in [0.15, 0.2) is 0 Å². The molecule has 172 valence electrons. The fourth-order valence-corrected chi connectivity index (χ4v) is 4.29. The van der Waals surface area contributed by atoms with Crippen molar-refractivity contribution in [2.45, 2.75) is 32.7 Å². The fourth-order valence-electron chi connectivity index (χ4n) is 3.73. The number of anilines is 1. The summed E-state index contributed by atoms with van der Waals surface area (Å²) < 4.78 is 1.01. The Bertz CT molecular complexity index is 945. The van der Waals surface area contributed by atoms with Crippen LogP contribution < -0.4 is 10.2 Å². The summed E-state index contributed by atoms with van der Waals surface area (Å²) in [5, 5.41) is 4.02. The smallest absolute Gasteiger partial charge is 0.245 e. The molecule has 0 aliphatic carbocycles. The lowest BCUT2D eigenvalue weighted by Crippen LogP contribution is -2.56. The molecular weight excluding hydrogens is 513 g/mol. The summed E-state index contributed by atoms with van der Waals surface area (Å²) in [4.78, 5) is 29.8. The van der Waals surface area contributed by atoms with E-state index in [9.17, 15) is 9.59 Å². The van der Waals surface area contributed by atoms with E-state index in [2.05, 4.69) is 26.1 Å². The van der Waals surface area contributed by atoms with Crippen LogP contribution in [0.4, 0.5) is 5.69 Å². The molecular formula is C24H28BrCl2N3O2. The Hall–Kier alpha value is -1.76. The first-order chi connectivity index (χ1) is 15.2. The average Bonchev–Trinajstić information content (AvgIpc) is 2.78. The van der Waals surface area contributed by atoms with Gasteiger partial charge in [0.25, 0.3) is 0 Å². The molecule has 2 aromatic rings. The summed E-state index contributed by atoms with van der Waals surface area (Å²) in [6.45, 7) is 6.51. The van der Waals surface area contributed by atoms with Crippen molar-refractivity contribution in [3.05, 3.63) is 62.5 Å². The molecule has 0 aromatic heterocycles. The van der Waals surface area contributed by atoms with E-state index < -0.39 is 6.04 Å². The highest BCUT2D eigenvalue weighted by atomic mass is 79.9. The number of benzene rings is 2. The zero-order chi connectivity index (χ0) is 23.3. The van der Waals surface area contributed by atoms with Crippen LogP contribution in [0.2, 0.25) is 10.0 Å². The number of halogens is 3. The van der Waals surface area contributed by atoms with Crippen LogP contribution >= 0.6 is 39.1 Å². The van der Waals surface area contributed by atoms with Gasteiger partial charge in [0.05, 0.1) is 10.0 Å². The number of nitrogens with zero attached hydrogens (tertiary/aromatic N) is 2. The van der Waals surface area contributed by atoms with E-state index >= 15 is 0 Å². The van der Waals surface area contributed by atoms with Gasteiger partial charge in [-0.3, -0.25) is 9.59 Å². The Morgan fingerprint density at radius 1 is 1.00 bits per heavy atom. The zero-order valence-electron chi connectivity index (χ0n) is 18.3. The average molecular weight is 541 g/mol. The summed E-state index contributed by atoms with van der Waals surface area (Å²) in [5.41, 5.74) is 2.09. The van der Waals surface area contributed by atoms with E-state index in [1.807, 2.05) is 55.1 Å². The summed E-state index contributed by atoms with van der Waals surface area (Å²) >= 11 is 15.6. The highest BCUT2D eigenvalue weighted by Crippen LogP contribution is 2.28. The van der Waals surface area contributed by atoms with Crippen molar-refractivity contribution in [1.29, 1.82) is 0 Å². The van der Waals surface area contributed by atoms with Crippen molar-refractivity contribution in [3.63, 3.8) is 0 Å². The van der Waals surface area contributed by atoms with Gasteiger partial charge in [0.1, 0.15) is 6.04 Å². The molecule has 0 spiro atoms. The van der Waals surface area contributed by atoms with Gasteiger partial charge in [0, 0.05) is 42.8 Å². The number of rotatable bonds is 7. The molecule has 3 rings (SSSR count). The van der Waals surface area contributed by atoms with Crippen LogP contribution in [0, 0.1) is 5.92 Å². The first-order valence-electron chi connectivity index (χ1n) is 10.8. The predicted molar refractivity (Wildman–Crippen MR) is 134 cm³/mol. The van der Waals surface area contributed by atoms with Crippen molar-refractivity contribution >= 4 is 56.6 Å². The lowest BCUT2D eigenvalue weighted by Gasteiger charge is -2.38. The molecule has 1 aliphatic heterocycles. The Morgan fingerprint density at radius 2 is 1.66 bits per heavy atom. The van der Waals surface area contributed by atoms with Gasteiger partial charge in [-0.05, 0) is 48.2 Å². The number of hydrogen-bond donors (Lipinski definition) is 1. The number of carbonyl (C=O) groups is 2. The molecule has 5 nitrogen and oxygen atoms in total. The molecule has 32 heavy (non-hydrogen) atoms. The van der Waals surface area contributed by atoms with E-state index in [0.29, 0.717) is 49.1 Å². The second-order valence-electron chi connectivity index (χ2n) is 8.33. The third-order valence-electron chi connectivity index (χ3n) is 5.66. The molecule has 1 heterocycles. The third kappa shape index (κ3) is 6.63. The molecule has 2 aromatic carbocycles. The highest BCUT2D eigenvalue weighted by Gasteiger charge is 2.30. The Kier molecular flexibility index (Phi) is 8.86. The molecule has 1 aliphatic rings. The second kappa shape index (κ2) is 11.4. The van der Waals surface area contributed by atoms with Crippen molar-refractivity contribution in [1.82, 2.24) is 10.2 Å². The molecule has 1 fully saturated rings. The lowest BCUT2D eigenvalue weighted by molar-refractivity contribution is -0.138. The van der Waals surface area contributed by atoms with Crippen LogP contribution in [-0.2, 0) is 16.0 Å². The molecule has 1 atom stereocenters. The Labute approximate surface area is 208 Å². The molecule has 0 unspecified atom stereocenters. The summed E-state index contributed by atoms with van der Waals surface area (Å²) in [6.07, 6.45) is 0.990. The first kappa shape index (κ1) is 24.9. The molecule has 0 radical (unpaired) electrons. The second-order valence-corrected chi connectivity index (χ2v) is 10.1. The largest absolute Gasteiger partial charge is 0.368 e. The molecule has 1 saturated heterocycles. The van der Waals surface area contributed by atoms with Crippen molar-refractivity contribution in [3.8, 4) is 0 Å². The monoisotopic (exact) mass is 539 g/mol. The maximum Gasteiger partial charge on any atom is 0.245 e. The van der Waals surface area contributed by atoms with Crippen LogP contribution in [-0.4, -0.2) is 48.9 Å². The fraction of sp³-hybridized carbons (Fsp3) is 0.417. The van der Waals surface area contributed by atoms with E-state index in [4.69, 9.17) is 23.2 Å². The maximum absolute atomic E-state index is 13.2. The minimum absolute atomic E-state index is 0.00670. The summed E-state index contributed by atoms with van der Waals surface area (Å²) in [5.74, 6) is -0.118. The van der Waals surface area contributed by atoms with Gasteiger partial charge in [0.2, 0.25) is 11.8 Å². The van der Waals surface area contributed by atoms with Crippen molar-refractivity contribution < 1.29 is 9.59 Å². The van der Waals surface area contributed by atoms with E-state index in [1.54, 1.807) is 6.07 Å². The van der Waals surface area contributed by atoms with Crippen LogP contribution in [0.15, 0.2) is 46.9 Å². The first-order valence-corrected chi connectivity index (χ1v) is 12.3. The number of aryl methyl sites for hydroxylation is 1. The van der Waals surface area contributed by atoms with Gasteiger partial charge in [-0.2, -0.15) is 0 Å². The number of hydrogen-bond acceptors (Lipinski definition) is 3. The van der Waals surface area contributed by atoms with Crippen LogP contribution in [0.1, 0.15) is 25.8 Å². The Balaban J connectivity index is 1.53. The number of piperazine rings is 1.